The summed E-state index contributed by atoms with van der Waals surface area (Å²) in [6.07, 6.45) is 1.00. The summed E-state index contributed by atoms with van der Waals surface area (Å²) >= 11 is 0. The molecule has 0 aliphatic carbocycles. The minimum Gasteiger partial charge on any atom is -0.333 e. The van der Waals surface area contributed by atoms with Gasteiger partial charge in [0.2, 0.25) is 0 Å². The van der Waals surface area contributed by atoms with Crippen molar-refractivity contribution in [3.05, 3.63) is 53.3 Å². The number of aryl methyl sites for hydroxylation is 2. The molecule has 1 aromatic heterocycles. The van der Waals surface area contributed by atoms with Crippen LogP contribution in [0.1, 0.15) is 42.0 Å². The second kappa shape index (κ2) is 7.83. The highest BCUT2D eigenvalue weighted by Crippen LogP contribution is 2.17. The van der Waals surface area contributed by atoms with Gasteiger partial charge >= 0.3 is 0 Å². The van der Waals surface area contributed by atoms with Crippen LogP contribution in [0.15, 0.2) is 36.4 Å². The van der Waals surface area contributed by atoms with Crippen LogP contribution in [0.25, 0.3) is 0 Å². The molecular weight excluding hydrogens is 312 g/mol. The van der Waals surface area contributed by atoms with Crippen molar-refractivity contribution in [1.82, 2.24) is 19.6 Å². The predicted molar refractivity (Wildman–Crippen MR) is 99.5 cm³/mol. The Kier molecular flexibility index (Phi) is 5.53. The normalized spacial score (nSPS) is 19.0. The Morgan fingerprint density at radius 1 is 1.24 bits per heavy atom. The molecule has 0 saturated carbocycles. The number of nitrogens with zero attached hydrogens (tertiary/aromatic N) is 4. The van der Waals surface area contributed by atoms with Crippen LogP contribution in [0.3, 0.4) is 0 Å². The van der Waals surface area contributed by atoms with Gasteiger partial charge in [-0.2, -0.15) is 5.10 Å². The minimum atomic E-state index is 0.108. The number of benzene rings is 1. The van der Waals surface area contributed by atoms with Crippen molar-refractivity contribution in [2.24, 2.45) is 0 Å². The van der Waals surface area contributed by atoms with Gasteiger partial charge in [0.15, 0.2) is 0 Å². The van der Waals surface area contributed by atoms with Crippen molar-refractivity contribution in [2.45, 2.75) is 46.3 Å². The first kappa shape index (κ1) is 17.7. The summed E-state index contributed by atoms with van der Waals surface area (Å²) in [5.74, 6) is 0.108. The van der Waals surface area contributed by atoms with Crippen LogP contribution in [0.4, 0.5) is 0 Å². The Morgan fingerprint density at radius 3 is 2.72 bits per heavy atom. The van der Waals surface area contributed by atoms with Gasteiger partial charge in [0.25, 0.3) is 5.91 Å². The molecule has 5 nitrogen and oxygen atoms in total. The lowest BCUT2D eigenvalue weighted by atomic mass is 10.2. The van der Waals surface area contributed by atoms with E-state index >= 15 is 0 Å². The van der Waals surface area contributed by atoms with Crippen molar-refractivity contribution < 1.29 is 4.79 Å². The fourth-order valence-corrected chi connectivity index (χ4v) is 3.64. The topological polar surface area (TPSA) is 41.4 Å². The summed E-state index contributed by atoms with van der Waals surface area (Å²) < 4.78 is 1.82. The van der Waals surface area contributed by atoms with Crippen LogP contribution in [0, 0.1) is 6.92 Å². The van der Waals surface area contributed by atoms with Crippen molar-refractivity contribution in [3.8, 4) is 0 Å². The van der Waals surface area contributed by atoms with Crippen LogP contribution in [-0.4, -0.2) is 51.2 Å². The third-order valence-electron chi connectivity index (χ3n) is 4.86. The van der Waals surface area contributed by atoms with Crippen LogP contribution in [0.5, 0.6) is 0 Å². The highest BCUT2D eigenvalue weighted by Gasteiger charge is 2.28. The summed E-state index contributed by atoms with van der Waals surface area (Å²) in [5, 5.41) is 4.42. The van der Waals surface area contributed by atoms with E-state index in [0.717, 1.165) is 44.8 Å². The third-order valence-corrected chi connectivity index (χ3v) is 4.86. The highest BCUT2D eigenvalue weighted by molar-refractivity contribution is 5.93. The number of rotatable bonds is 4. The van der Waals surface area contributed by atoms with Crippen molar-refractivity contribution in [2.75, 3.05) is 19.6 Å². The number of carbonyl (C=O) groups is 1. The average Bonchev–Trinajstić information content (AvgIpc) is 2.89. The largest absolute Gasteiger partial charge is 0.333 e. The lowest BCUT2D eigenvalue weighted by Gasteiger charge is -2.29. The van der Waals surface area contributed by atoms with Gasteiger partial charge in [0.05, 0.1) is 5.69 Å². The maximum absolute atomic E-state index is 13.1. The molecule has 0 unspecified atom stereocenters. The highest BCUT2D eigenvalue weighted by atomic mass is 16.2. The monoisotopic (exact) mass is 340 g/mol. The van der Waals surface area contributed by atoms with Gasteiger partial charge in [0, 0.05) is 38.8 Å². The van der Waals surface area contributed by atoms with Crippen molar-refractivity contribution >= 4 is 5.91 Å². The maximum atomic E-state index is 13.1. The van der Waals surface area contributed by atoms with Crippen LogP contribution in [-0.2, 0) is 13.1 Å². The van der Waals surface area contributed by atoms with Gasteiger partial charge in [-0.05, 0) is 38.8 Å². The van der Waals surface area contributed by atoms with E-state index in [1.807, 2.05) is 35.6 Å². The fourth-order valence-electron chi connectivity index (χ4n) is 3.64. The maximum Gasteiger partial charge on any atom is 0.272 e. The Morgan fingerprint density at radius 2 is 2.00 bits per heavy atom. The lowest BCUT2D eigenvalue weighted by molar-refractivity contribution is 0.0679. The van der Waals surface area contributed by atoms with Crippen molar-refractivity contribution in [1.29, 1.82) is 0 Å². The Labute approximate surface area is 150 Å². The molecule has 1 fully saturated rings. The molecule has 3 rings (SSSR count). The number of amides is 1. The zero-order chi connectivity index (χ0) is 17.8. The van der Waals surface area contributed by atoms with E-state index in [1.54, 1.807) is 0 Å². The number of aromatic nitrogens is 2. The van der Waals surface area contributed by atoms with E-state index in [2.05, 4.69) is 41.2 Å². The average molecular weight is 340 g/mol. The molecule has 1 saturated heterocycles. The zero-order valence-corrected chi connectivity index (χ0v) is 15.5. The van der Waals surface area contributed by atoms with E-state index in [1.165, 1.54) is 5.56 Å². The molecule has 5 heteroatoms. The van der Waals surface area contributed by atoms with Gasteiger partial charge < -0.3 is 4.90 Å². The van der Waals surface area contributed by atoms with Crippen LogP contribution in [0.2, 0.25) is 0 Å². The summed E-state index contributed by atoms with van der Waals surface area (Å²) in [6.45, 7) is 10.5. The lowest BCUT2D eigenvalue weighted by Crippen LogP contribution is -2.43. The molecule has 0 bridgehead atoms. The molecule has 1 aromatic carbocycles. The van der Waals surface area contributed by atoms with E-state index in [0.29, 0.717) is 5.69 Å². The SMILES string of the molecule is CCn1nc(C)cc1C(=O)N1CCCN(Cc2ccccc2)C[C@@H]1C. The van der Waals surface area contributed by atoms with Gasteiger partial charge in [0.1, 0.15) is 5.69 Å². The predicted octanol–water partition coefficient (Wildman–Crippen LogP) is 2.95. The molecule has 0 spiro atoms. The molecule has 0 radical (unpaired) electrons. The summed E-state index contributed by atoms with van der Waals surface area (Å²) in [5.41, 5.74) is 2.94. The molecule has 1 amide bonds. The summed E-state index contributed by atoms with van der Waals surface area (Å²) in [7, 11) is 0. The van der Waals surface area contributed by atoms with Crippen molar-refractivity contribution in [3.63, 3.8) is 0 Å². The van der Waals surface area contributed by atoms with E-state index in [-0.39, 0.29) is 11.9 Å². The Bertz CT molecular complexity index is 710. The fraction of sp³-hybridized carbons (Fsp3) is 0.500. The second-order valence-electron chi connectivity index (χ2n) is 6.91. The van der Waals surface area contributed by atoms with Gasteiger partial charge in [-0.25, -0.2) is 0 Å². The second-order valence-corrected chi connectivity index (χ2v) is 6.91. The molecule has 2 heterocycles. The molecule has 0 N–H and O–H groups in total. The first-order valence-electron chi connectivity index (χ1n) is 9.20. The van der Waals surface area contributed by atoms with E-state index in [9.17, 15) is 4.79 Å². The molecular formula is C20H28N4O. The van der Waals surface area contributed by atoms with Crippen LogP contribution >= 0.6 is 0 Å². The molecule has 1 aliphatic heterocycles. The number of hydrogen-bond acceptors (Lipinski definition) is 3. The standard InChI is InChI=1S/C20H28N4O/c1-4-24-19(13-16(2)21-24)20(25)23-12-8-11-22(14-17(23)3)15-18-9-6-5-7-10-18/h5-7,9-10,13,17H,4,8,11-12,14-15H2,1-3H3/t17-/m0/s1. The molecule has 25 heavy (non-hydrogen) atoms. The van der Waals surface area contributed by atoms with Gasteiger partial charge in [-0.15, -0.1) is 0 Å². The van der Waals surface area contributed by atoms with Gasteiger partial charge in [-0.3, -0.25) is 14.4 Å². The number of carbonyl (C=O) groups excluding carboxylic acids is 1. The summed E-state index contributed by atoms with van der Waals surface area (Å²) in [6, 6.07) is 12.7. The van der Waals surface area contributed by atoms with E-state index < -0.39 is 0 Å². The first-order valence-corrected chi connectivity index (χ1v) is 9.20. The molecule has 134 valence electrons. The number of hydrogen-bond donors (Lipinski definition) is 0. The summed E-state index contributed by atoms with van der Waals surface area (Å²) in [4.78, 5) is 17.5. The van der Waals surface area contributed by atoms with E-state index in [4.69, 9.17) is 0 Å². The smallest absolute Gasteiger partial charge is 0.272 e. The van der Waals surface area contributed by atoms with Crippen LogP contribution < -0.4 is 0 Å². The quantitative estimate of drug-likeness (QED) is 0.859. The molecule has 1 atom stereocenters. The molecule has 2 aromatic rings. The zero-order valence-electron chi connectivity index (χ0n) is 15.5. The molecule has 1 aliphatic rings. The Hall–Kier alpha value is -2.14. The third kappa shape index (κ3) is 4.10. The first-order chi connectivity index (χ1) is 12.1. The minimum absolute atomic E-state index is 0.108. The van der Waals surface area contributed by atoms with Gasteiger partial charge in [-0.1, -0.05) is 30.3 Å². The Balaban J connectivity index is 1.70.